The number of hydrogen-bond acceptors (Lipinski definition) is 5. The van der Waals surface area contributed by atoms with Crippen LogP contribution in [0.15, 0.2) is 11.3 Å². The summed E-state index contributed by atoms with van der Waals surface area (Å²) in [6.45, 7) is 2.58. The molecule has 1 aliphatic heterocycles. The van der Waals surface area contributed by atoms with Crippen LogP contribution >= 0.6 is 0 Å². The maximum Gasteiger partial charge on any atom is 0.249 e. The SMILES string of the molecule is CC1=C(CO)Cn2nnnc2N1C. The molecule has 0 unspecified atom stereocenters. The van der Waals surface area contributed by atoms with Gasteiger partial charge in [-0.05, 0) is 22.9 Å². The van der Waals surface area contributed by atoms with E-state index in [1.165, 1.54) is 0 Å². The molecule has 0 amide bonds. The first kappa shape index (κ1) is 8.18. The highest BCUT2D eigenvalue weighted by molar-refractivity contribution is 5.42. The predicted molar refractivity (Wildman–Crippen MR) is 46.0 cm³/mol. The standard InChI is InChI=1S/C7H11N5O/c1-5-6(4-13)3-12-7(11(5)2)8-9-10-12/h13H,3-4H2,1-2H3. The number of fused-ring (bicyclic) bond motifs is 1. The molecule has 0 saturated heterocycles. The molecule has 0 aromatic carbocycles. The third kappa shape index (κ3) is 1.10. The summed E-state index contributed by atoms with van der Waals surface area (Å²) >= 11 is 0. The third-order valence-electron chi connectivity index (χ3n) is 2.36. The van der Waals surface area contributed by atoms with Crippen LogP contribution in [-0.2, 0) is 6.54 Å². The number of anilines is 1. The highest BCUT2D eigenvalue weighted by atomic mass is 16.3. The van der Waals surface area contributed by atoms with E-state index >= 15 is 0 Å². The average molecular weight is 181 g/mol. The van der Waals surface area contributed by atoms with Crippen molar-refractivity contribution >= 4 is 5.95 Å². The van der Waals surface area contributed by atoms with E-state index in [1.807, 2.05) is 18.9 Å². The quantitative estimate of drug-likeness (QED) is 0.626. The van der Waals surface area contributed by atoms with Crippen molar-refractivity contribution in [3.05, 3.63) is 11.3 Å². The van der Waals surface area contributed by atoms with E-state index in [4.69, 9.17) is 5.11 Å². The number of hydrogen-bond donors (Lipinski definition) is 1. The fourth-order valence-electron chi connectivity index (χ4n) is 1.39. The van der Waals surface area contributed by atoms with Gasteiger partial charge >= 0.3 is 0 Å². The van der Waals surface area contributed by atoms with E-state index in [1.54, 1.807) is 4.68 Å². The Morgan fingerprint density at radius 2 is 2.31 bits per heavy atom. The van der Waals surface area contributed by atoms with Gasteiger partial charge in [-0.15, -0.1) is 0 Å². The first-order valence-corrected chi connectivity index (χ1v) is 4.03. The van der Waals surface area contributed by atoms with E-state index < -0.39 is 0 Å². The van der Waals surface area contributed by atoms with E-state index in [0.29, 0.717) is 6.54 Å². The smallest absolute Gasteiger partial charge is 0.249 e. The lowest BCUT2D eigenvalue weighted by Gasteiger charge is -2.26. The lowest BCUT2D eigenvalue weighted by molar-refractivity contribution is 0.318. The van der Waals surface area contributed by atoms with Crippen LogP contribution < -0.4 is 4.90 Å². The van der Waals surface area contributed by atoms with Crippen LogP contribution in [0.2, 0.25) is 0 Å². The zero-order valence-corrected chi connectivity index (χ0v) is 7.60. The first-order chi connectivity index (χ1) is 6.24. The van der Waals surface area contributed by atoms with Gasteiger partial charge in [0.1, 0.15) is 0 Å². The second-order valence-corrected chi connectivity index (χ2v) is 3.04. The molecular formula is C7H11N5O. The van der Waals surface area contributed by atoms with Crippen molar-refractivity contribution in [1.29, 1.82) is 0 Å². The fraction of sp³-hybridized carbons (Fsp3) is 0.571. The van der Waals surface area contributed by atoms with Crippen LogP contribution in [0.5, 0.6) is 0 Å². The lowest BCUT2D eigenvalue weighted by atomic mass is 10.2. The van der Waals surface area contributed by atoms with Crippen LogP contribution in [0.25, 0.3) is 0 Å². The molecule has 2 rings (SSSR count). The summed E-state index contributed by atoms with van der Waals surface area (Å²) in [7, 11) is 1.88. The molecule has 0 radical (unpaired) electrons. The largest absolute Gasteiger partial charge is 0.392 e. The van der Waals surface area contributed by atoms with Crippen LogP contribution in [0.4, 0.5) is 5.95 Å². The van der Waals surface area contributed by atoms with Crippen LogP contribution in [0.3, 0.4) is 0 Å². The second kappa shape index (κ2) is 2.81. The van der Waals surface area contributed by atoms with Gasteiger partial charge in [0, 0.05) is 12.7 Å². The zero-order chi connectivity index (χ0) is 9.42. The van der Waals surface area contributed by atoms with Gasteiger partial charge in [-0.2, -0.15) is 0 Å². The molecule has 70 valence electrons. The molecule has 6 nitrogen and oxygen atoms in total. The van der Waals surface area contributed by atoms with Gasteiger partial charge in [0.05, 0.1) is 13.2 Å². The Morgan fingerprint density at radius 1 is 1.54 bits per heavy atom. The minimum Gasteiger partial charge on any atom is -0.392 e. The van der Waals surface area contributed by atoms with Gasteiger partial charge in [0.15, 0.2) is 0 Å². The number of allylic oxidation sites excluding steroid dienone is 1. The minimum absolute atomic E-state index is 0.0511. The molecule has 0 saturated carbocycles. The molecule has 0 spiro atoms. The van der Waals surface area contributed by atoms with Gasteiger partial charge in [0.25, 0.3) is 0 Å². The summed E-state index contributed by atoms with van der Waals surface area (Å²) < 4.78 is 1.67. The third-order valence-corrected chi connectivity index (χ3v) is 2.36. The maximum atomic E-state index is 9.08. The summed E-state index contributed by atoms with van der Waals surface area (Å²) in [4.78, 5) is 1.87. The van der Waals surface area contributed by atoms with E-state index in [-0.39, 0.29) is 6.61 Å². The number of aliphatic hydroxyl groups is 1. The molecule has 1 aliphatic rings. The normalized spacial score (nSPS) is 16.4. The van der Waals surface area contributed by atoms with Crippen molar-refractivity contribution < 1.29 is 5.11 Å². The van der Waals surface area contributed by atoms with Gasteiger partial charge in [-0.3, -0.25) is 0 Å². The average Bonchev–Trinajstić information content (AvgIpc) is 2.59. The molecule has 0 bridgehead atoms. The lowest BCUT2D eigenvalue weighted by Crippen LogP contribution is -2.28. The van der Waals surface area contributed by atoms with Crippen LogP contribution in [0, 0.1) is 0 Å². The first-order valence-electron chi connectivity index (χ1n) is 4.03. The Balaban J connectivity index is 2.44. The molecule has 6 heteroatoms. The van der Waals surface area contributed by atoms with Crippen molar-refractivity contribution in [1.82, 2.24) is 20.2 Å². The van der Waals surface area contributed by atoms with E-state index in [0.717, 1.165) is 17.2 Å². The summed E-state index contributed by atoms with van der Waals surface area (Å²) in [5.74, 6) is 0.717. The summed E-state index contributed by atoms with van der Waals surface area (Å²) in [6.07, 6.45) is 0. The van der Waals surface area contributed by atoms with Crippen molar-refractivity contribution in [2.75, 3.05) is 18.6 Å². The molecule has 2 heterocycles. The molecule has 1 aromatic rings. The number of tetrazole rings is 1. The van der Waals surface area contributed by atoms with E-state index in [9.17, 15) is 0 Å². The van der Waals surface area contributed by atoms with Gasteiger partial charge < -0.3 is 10.0 Å². The Bertz CT molecular complexity index is 356. The second-order valence-electron chi connectivity index (χ2n) is 3.04. The van der Waals surface area contributed by atoms with Crippen LogP contribution in [0.1, 0.15) is 6.92 Å². The summed E-state index contributed by atoms with van der Waals surface area (Å²) in [5.41, 5.74) is 1.96. The monoisotopic (exact) mass is 181 g/mol. The Kier molecular flexibility index (Phi) is 1.77. The Hall–Kier alpha value is -1.43. The number of aromatic nitrogens is 4. The number of rotatable bonds is 1. The Labute approximate surface area is 75.5 Å². The predicted octanol–water partition coefficient (Wildman–Crippen LogP) is -0.611. The Morgan fingerprint density at radius 3 is 3.00 bits per heavy atom. The zero-order valence-electron chi connectivity index (χ0n) is 7.60. The highest BCUT2D eigenvalue weighted by Gasteiger charge is 2.21. The highest BCUT2D eigenvalue weighted by Crippen LogP contribution is 2.22. The molecule has 0 fully saturated rings. The molecule has 0 atom stereocenters. The molecule has 1 aromatic heterocycles. The molecule has 1 N–H and O–H groups in total. The van der Waals surface area contributed by atoms with Crippen LogP contribution in [-0.4, -0.2) is 39.0 Å². The fourth-order valence-corrected chi connectivity index (χ4v) is 1.39. The van der Waals surface area contributed by atoms with Crippen molar-refractivity contribution in [3.63, 3.8) is 0 Å². The van der Waals surface area contributed by atoms with Crippen molar-refractivity contribution in [2.24, 2.45) is 0 Å². The summed E-state index contributed by atoms with van der Waals surface area (Å²) in [6, 6.07) is 0. The molecule has 0 aliphatic carbocycles. The van der Waals surface area contributed by atoms with Gasteiger partial charge in [-0.25, -0.2) is 4.68 Å². The van der Waals surface area contributed by atoms with Crippen molar-refractivity contribution in [3.8, 4) is 0 Å². The van der Waals surface area contributed by atoms with Crippen molar-refractivity contribution in [2.45, 2.75) is 13.5 Å². The number of nitrogens with zero attached hydrogens (tertiary/aromatic N) is 5. The summed E-state index contributed by atoms with van der Waals surface area (Å²) in [5, 5.41) is 20.3. The molecular weight excluding hydrogens is 170 g/mol. The maximum absolute atomic E-state index is 9.08. The van der Waals surface area contributed by atoms with E-state index in [2.05, 4.69) is 15.5 Å². The minimum atomic E-state index is 0.0511. The van der Waals surface area contributed by atoms with Gasteiger partial charge in [-0.1, -0.05) is 5.10 Å². The topological polar surface area (TPSA) is 67.1 Å². The molecule has 13 heavy (non-hydrogen) atoms. The number of aliphatic hydroxyl groups excluding tert-OH is 1. The van der Waals surface area contributed by atoms with Gasteiger partial charge in [0.2, 0.25) is 5.95 Å².